The lowest BCUT2D eigenvalue weighted by Crippen LogP contribution is -2.71. The van der Waals surface area contributed by atoms with Crippen molar-refractivity contribution in [3.05, 3.63) is 23.9 Å². The molecule has 0 aromatic heterocycles. The number of carboxylic acid groups (broad SMARTS) is 1. The number of rotatable bonds is 6. The van der Waals surface area contributed by atoms with Gasteiger partial charge in [0.25, 0.3) is 5.91 Å². The van der Waals surface area contributed by atoms with Crippen molar-refractivity contribution in [2.45, 2.75) is 11.4 Å². The molecule has 0 saturated carbocycles. The number of fused-ring (bicyclic) bond motifs is 1. The lowest BCUT2D eigenvalue weighted by atomic mass is 10.0. The fourth-order valence-electron chi connectivity index (χ4n) is 2.70. The van der Waals surface area contributed by atoms with Crippen molar-refractivity contribution in [2.75, 3.05) is 30.3 Å². The fraction of sp³-hybridized carbons (Fsp3) is 0.467. The first-order chi connectivity index (χ1) is 12.5. The minimum Gasteiger partial charge on any atom is -0.477 e. The highest BCUT2D eigenvalue weighted by Gasteiger charge is 2.54. The molecule has 0 bridgehead atoms. The van der Waals surface area contributed by atoms with Gasteiger partial charge in [-0.05, 0) is 5.57 Å². The van der Waals surface area contributed by atoms with Crippen LogP contribution >= 0.6 is 35.3 Å². The second-order valence-electron chi connectivity index (χ2n) is 5.57. The summed E-state index contributed by atoms with van der Waals surface area (Å²) in [6.45, 7) is 4.59. The van der Waals surface area contributed by atoms with Crippen LogP contribution in [0.15, 0.2) is 28.9 Å². The van der Waals surface area contributed by atoms with E-state index in [-0.39, 0.29) is 12.2 Å². The van der Waals surface area contributed by atoms with Crippen LogP contribution in [0, 0.1) is 0 Å². The molecular formula is C15H18N4O4S3. The van der Waals surface area contributed by atoms with Gasteiger partial charge in [0.2, 0.25) is 0 Å². The van der Waals surface area contributed by atoms with E-state index in [4.69, 9.17) is 0 Å². The zero-order valence-electron chi connectivity index (χ0n) is 13.8. The summed E-state index contributed by atoms with van der Waals surface area (Å²) in [6, 6.07) is -1.19. The number of aliphatic carboxylic acids is 1. The van der Waals surface area contributed by atoms with E-state index in [0.29, 0.717) is 17.1 Å². The number of amides is 3. The third kappa shape index (κ3) is 3.89. The molecule has 3 amide bonds. The maximum atomic E-state index is 12.4. The third-order valence-electron chi connectivity index (χ3n) is 3.87. The summed E-state index contributed by atoms with van der Waals surface area (Å²) < 4.78 is 0.961. The third-order valence-corrected chi connectivity index (χ3v) is 7.55. The summed E-state index contributed by atoms with van der Waals surface area (Å²) >= 11 is 4.64. The molecule has 1 saturated heterocycles. The molecule has 3 heterocycles. The van der Waals surface area contributed by atoms with Crippen molar-refractivity contribution in [1.29, 1.82) is 0 Å². The molecule has 26 heavy (non-hydrogen) atoms. The number of carboxylic acids is 1. The normalized spacial score (nSPS) is 24.5. The van der Waals surface area contributed by atoms with Gasteiger partial charge in [-0.1, -0.05) is 29.6 Å². The predicted octanol–water partition coefficient (Wildman–Crippen LogP) is 0.930. The largest absolute Gasteiger partial charge is 0.477 e. The number of hydrogen-bond donors (Lipinski definition) is 3. The van der Waals surface area contributed by atoms with Crippen molar-refractivity contribution < 1.29 is 19.5 Å². The highest BCUT2D eigenvalue weighted by atomic mass is 32.2. The number of β-lactam (4-membered cyclic amide) rings is 1. The first kappa shape index (κ1) is 19.2. The van der Waals surface area contributed by atoms with Crippen LogP contribution in [0.25, 0.3) is 0 Å². The van der Waals surface area contributed by atoms with E-state index in [2.05, 4.69) is 22.2 Å². The standard InChI is InChI=1S/C15H18N4O4S3/c1-2-3-16-14(23)18-9-11(20)19-10(13(21)22)8(6-25-12(9)19)7-26-15-17-4-5-24-15/h2,9,12H,1,3-7H2,(H,21,22)(H2,16,18,23)/t9?,12-/m0/s1. The van der Waals surface area contributed by atoms with Gasteiger partial charge >= 0.3 is 12.0 Å². The average Bonchev–Trinajstić information content (AvgIpc) is 3.15. The SMILES string of the molecule is C=CCNC(=O)NC1C(=O)N2C(C(=O)O)=C(CSC3=NCCS3)CS[C@@H]12. The van der Waals surface area contributed by atoms with Crippen molar-refractivity contribution in [3.63, 3.8) is 0 Å². The molecule has 0 aliphatic carbocycles. The zero-order chi connectivity index (χ0) is 18.7. The molecule has 0 radical (unpaired) electrons. The molecule has 8 nitrogen and oxygen atoms in total. The van der Waals surface area contributed by atoms with E-state index in [1.807, 2.05) is 0 Å². The summed E-state index contributed by atoms with van der Waals surface area (Å²) in [5, 5.41) is 14.4. The molecular weight excluding hydrogens is 396 g/mol. The number of hydrogen-bond acceptors (Lipinski definition) is 7. The Morgan fingerprint density at radius 1 is 1.50 bits per heavy atom. The number of urea groups is 1. The van der Waals surface area contributed by atoms with E-state index in [0.717, 1.165) is 16.7 Å². The second-order valence-corrected chi connectivity index (χ2v) is 8.98. The molecule has 1 unspecified atom stereocenters. The van der Waals surface area contributed by atoms with Crippen LogP contribution in [0.5, 0.6) is 0 Å². The smallest absolute Gasteiger partial charge is 0.352 e. The van der Waals surface area contributed by atoms with Crippen LogP contribution in [0.2, 0.25) is 0 Å². The van der Waals surface area contributed by atoms with Gasteiger partial charge in [-0.3, -0.25) is 14.7 Å². The van der Waals surface area contributed by atoms with E-state index >= 15 is 0 Å². The first-order valence-electron chi connectivity index (χ1n) is 7.88. The van der Waals surface area contributed by atoms with Crippen LogP contribution in [-0.4, -0.2) is 74.1 Å². The van der Waals surface area contributed by atoms with Gasteiger partial charge in [-0.15, -0.1) is 18.3 Å². The zero-order valence-corrected chi connectivity index (χ0v) is 16.2. The summed E-state index contributed by atoms with van der Waals surface area (Å²) in [6.07, 6.45) is 1.53. The van der Waals surface area contributed by atoms with Gasteiger partial charge in [0.05, 0.1) is 6.54 Å². The minimum absolute atomic E-state index is 0.0411. The Hall–Kier alpha value is -1.59. The molecule has 0 aromatic carbocycles. The van der Waals surface area contributed by atoms with E-state index in [9.17, 15) is 19.5 Å². The topological polar surface area (TPSA) is 111 Å². The molecule has 0 aromatic rings. The lowest BCUT2D eigenvalue weighted by Gasteiger charge is -2.49. The summed E-state index contributed by atoms with van der Waals surface area (Å²) in [7, 11) is 0. The van der Waals surface area contributed by atoms with Gasteiger partial charge in [0.1, 0.15) is 21.5 Å². The Morgan fingerprint density at radius 3 is 2.96 bits per heavy atom. The maximum Gasteiger partial charge on any atom is 0.352 e. The maximum absolute atomic E-state index is 12.4. The molecule has 140 valence electrons. The Morgan fingerprint density at radius 2 is 2.31 bits per heavy atom. The second kappa shape index (κ2) is 8.40. The fourth-order valence-corrected chi connectivity index (χ4v) is 6.20. The van der Waals surface area contributed by atoms with Crippen molar-refractivity contribution >= 4 is 57.6 Å². The predicted molar refractivity (Wildman–Crippen MR) is 105 cm³/mol. The lowest BCUT2D eigenvalue weighted by molar-refractivity contribution is -0.148. The highest BCUT2D eigenvalue weighted by Crippen LogP contribution is 2.41. The Kier molecular flexibility index (Phi) is 6.20. The quantitative estimate of drug-likeness (QED) is 0.438. The van der Waals surface area contributed by atoms with Gasteiger partial charge in [0.15, 0.2) is 0 Å². The van der Waals surface area contributed by atoms with Gasteiger partial charge in [0, 0.05) is 23.8 Å². The van der Waals surface area contributed by atoms with Crippen molar-refractivity contribution in [3.8, 4) is 0 Å². The molecule has 3 aliphatic rings. The molecule has 2 atom stereocenters. The van der Waals surface area contributed by atoms with Crippen LogP contribution in [0.1, 0.15) is 0 Å². The number of carbonyl (C=O) groups excluding carboxylic acids is 2. The molecule has 3 N–H and O–H groups in total. The van der Waals surface area contributed by atoms with Crippen molar-refractivity contribution in [1.82, 2.24) is 15.5 Å². The van der Waals surface area contributed by atoms with E-state index in [1.54, 1.807) is 11.8 Å². The van der Waals surface area contributed by atoms with Crippen LogP contribution in [-0.2, 0) is 9.59 Å². The van der Waals surface area contributed by atoms with Crippen LogP contribution in [0.3, 0.4) is 0 Å². The van der Waals surface area contributed by atoms with Crippen molar-refractivity contribution in [2.24, 2.45) is 4.99 Å². The van der Waals surface area contributed by atoms with Crippen LogP contribution < -0.4 is 10.6 Å². The monoisotopic (exact) mass is 414 g/mol. The number of carbonyl (C=O) groups is 3. The highest BCUT2D eigenvalue weighted by molar-refractivity contribution is 8.39. The number of nitrogens with one attached hydrogen (secondary N) is 2. The van der Waals surface area contributed by atoms with Gasteiger partial charge in [-0.25, -0.2) is 9.59 Å². The molecule has 3 aliphatic heterocycles. The Balaban J connectivity index is 1.68. The van der Waals surface area contributed by atoms with Gasteiger partial charge < -0.3 is 15.7 Å². The summed E-state index contributed by atoms with van der Waals surface area (Å²) in [5.41, 5.74) is 0.751. The molecule has 1 fully saturated rings. The average molecular weight is 415 g/mol. The summed E-state index contributed by atoms with van der Waals surface area (Å²) in [5.74, 6) is 0.441. The number of aliphatic imine (C=N–C) groups is 1. The minimum atomic E-state index is -1.12. The van der Waals surface area contributed by atoms with E-state index in [1.165, 1.54) is 34.5 Å². The Labute approximate surface area is 163 Å². The molecule has 0 spiro atoms. The first-order valence-corrected chi connectivity index (χ1v) is 10.9. The number of thioether (sulfide) groups is 3. The number of nitrogens with zero attached hydrogens (tertiary/aromatic N) is 2. The Bertz CT molecular complexity index is 709. The van der Waals surface area contributed by atoms with Crippen LogP contribution in [0.4, 0.5) is 4.79 Å². The molecule has 3 rings (SSSR count). The summed E-state index contributed by atoms with van der Waals surface area (Å²) in [4.78, 5) is 41.6. The van der Waals surface area contributed by atoms with E-state index < -0.39 is 29.3 Å². The molecule has 11 heteroatoms. The van der Waals surface area contributed by atoms with Gasteiger partial charge in [-0.2, -0.15) is 0 Å².